The Labute approximate surface area is 94.2 Å². The molecule has 1 atom stereocenters. The maximum atomic E-state index is 12.0. The summed E-state index contributed by atoms with van der Waals surface area (Å²) in [7, 11) is 0. The van der Waals surface area contributed by atoms with Crippen LogP contribution < -0.4 is 0 Å². The fourth-order valence-electron chi connectivity index (χ4n) is 2.59. The molecule has 0 spiro atoms. The van der Waals surface area contributed by atoms with Gasteiger partial charge in [0.05, 0.1) is 0 Å². The molecule has 1 saturated heterocycles. The van der Waals surface area contributed by atoms with Gasteiger partial charge in [0.1, 0.15) is 0 Å². The minimum Gasteiger partial charge on any atom is -0.342 e. The molecular formula is C11H18BrNO. The predicted molar refractivity (Wildman–Crippen MR) is 60.4 cm³/mol. The SMILES string of the molecule is O=C(C1CCCC1)N1CCC(CBr)C1. The van der Waals surface area contributed by atoms with E-state index in [2.05, 4.69) is 20.8 Å². The lowest BCUT2D eigenvalue weighted by Crippen LogP contribution is -2.33. The molecule has 80 valence electrons. The van der Waals surface area contributed by atoms with E-state index in [1.54, 1.807) is 0 Å². The molecule has 1 aliphatic carbocycles. The van der Waals surface area contributed by atoms with E-state index in [-0.39, 0.29) is 0 Å². The summed E-state index contributed by atoms with van der Waals surface area (Å²) < 4.78 is 0. The van der Waals surface area contributed by atoms with Crippen molar-refractivity contribution in [3.63, 3.8) is 0 Å². The number of alkyl halides is 1. The van der Waals surface area contributed by atoms with Crippen molar-refractivity contribution in [1.82, 2.24) is 4.90 Å². The summed E-state index contributed by atoms with van der Waals surface area (Å²) in [5.74, 6) is 1.50. The average molecular weight is 260 g/mol. The van der Waals surface area contributed by atoms with Crippen LogP contribution in [0.4, 0.5) is 0 Å². The first-order valence-electron chi connectivity index (χ1n) is 5.66. The molecular weight excluding hydrogens is 242 g/mol. The summed E-state index contributed by atoms with van der Waals surface area (Å²) in [6, 6.07) is 0. The standard InChI is InChI=1S/C11H18BrNO/c12-7-9-5-6-13(8-9)11(14)10-3-1-2-4-10/h9-10H,1-8H2. The van der Waals surface area contributed by atoms with Crippen molar-refractivity contribution in [2.75, 3.05) is 18.4 Å². The summed E-state index contributed by atoms with van der Waals surface area (Å²) >= 11 is 3.50. The average Bonchev–Trinajstić information content (AvgIpc) is 2.88. The van der Waals surface area contributed by atoms with Crippen molar-refractivity contribution in [1.29, 1.82) is 0 Å². The highest BCUT2D eigenvalue weighted by Crippen LogP contribution is 2.29. The van der Waals surface area contributed by atoms with Crippen LogP contribution in [0.25, 0.3) is 0 Å². The fourth-order valence-corrected chi connectivity index (χ4v) is 3.12. The van der Waals surface area contributed by atoms with Gasteiger partial charge in [-0.25, -0.2) is 0 Å². The monoisotopic (exact) mass is 259 g/mol. The molecule has 1 aliphatic heterocycles. The summed E-state index contributed by atoms with van der Waals surface area (Å²) in [4.78, 5) is 14.1. The van der Waals surface area contributed by atoms with Crippen molar-refractivity contribution in [2.24, 2.45) is 11.8 Å². The quantitative estimate of drug-likeness (QED) is 0.698. The first-order valence-corrected chi connectivity index (χ1v) is 6.78. The van der Waals surface area contributed by atoms with Crippen LogP contribution in [-0.4, -0.2) is 29.2 Å². The molecule has 14 heavy (non-hydrogen) atoms. The zero-order valence-electron chi connectivity index (χ0n) is 8.54. The van der Waals surface area contributed by atoms with Gasteiger partial charge in [0.2, 0.25) is 5.91 Å². The Morgan fingerprint density at radius 3 is 2.57 bits per heavy atom. The van der Waals surface area contributed by atoms with E-state index in [9.17, 15) is 4.79 Å². The number of rotatable bonds is 2. The predicted octanol–water partition coefficient (Wildman–Crippen LogP) is 2.42. The molecule has 3 heteroatoms. The zero-order valence-corrected chi connectivity index (χ0v) is 10.1. The fraction of sp³-hybridized carbons (Fsp3) is 0.909. The Hall–Kier alpha value is -0.0500. The lowest BCUT2D eigenvalue weighted by Gasteiger charge is -2.20. The van der Waals surface area contributed by atoms with Crippen molar-refractivity contribution < 1.29 is 4.79 Å². The van der Waals surface area contributed by atoms with Gasteiger partial charge in [-0.2, -0.15) is 0 Å². The van der Waals surface area contributed by atoms with Crippen LogP contribution >= 0.6 is 15.9 Å². The van der Waals surface area contributed by atoms with Crippen LogP contribution in [0.1, 0.15) is 32.1 Å². The second-order valence-corrected chi connectivity index (χ2v) is 5.22. The summed E-state index contributed by atoms with van der Waals surface area (Å²) in [6.45, 7) is 1.98. The highest BCUT2D eigenvalue weighted by atomic mass is 79.9. The molecule has 0 N–H and O–H groups in total. The largest absolute Gasteiger partial charge is 0.342 e. The lowest BCUT2D eigenvalue weighted by molar-refractivity contribution is -0.134. The van der Waals surface area contributed by atoms with E-state index < -0.39 is 0 Å². The molecule has 2 aliphatic rings. The van der Waals surface area contributed by atoms with Crippen LogP contribution in [0.15, 0.2) is 0 Å². The first-order chi connectivity index (χ1) is 6.81. The maximum Gasteiger partial charge on any atom is 0.225 e. The zero-order chi connectivity index (χ0) is 9.97. The van der Waals surface area contributed by atoms with Crippen molar-refractivity contribution >= 4 is 21.8 Å². The first kappa shape index (κ1) is 10.5. The smallest absolute Gasteiger partial charge is 0.225 e. The van der Waals surface area contributed by atoms with Gasteiger partial charge in [-0.15, -0.1) is 0 Å². The molecule has 1 amide bonds. The number of hydrogen-bond donors (Lipinski definition) is 0. The Bertz CT molecular complexity index is 213. The van der Waals surface area contributed by atoms with E-state index in [1.165, 1.54) is 19.3 Å². The van der Waals surface area contributed by atoms with Crippen molar-refractivity contribution in [2.45, 2.75) is 32.1 Å². The molecule has 0 radical (unpaired) electrons. The Morgan fingerprint density at radius 2 is 2.00 bits per heavy atom. The lowest BCUT2D eigenvalue weighted by atomic mass is 10.1. The summed E-state index contributed by atoms with van der Waals surface area (Å²) in [5, 5.41) is 1.04. The number of hydrogen-bond acceptors (Lipinski definition) is 1. The van der Waals surface area contributed by atoms with Gasteiger partial charge in [0.15, 0.2) is 0 Å². The minimum atomic E-state index is 0.365. The van der Waals surface area contributed by atoms with E-state index in [4.69, 9.17) is 0 Å². The number of likely N-dealkylation sites (tertiary alicyclic amines) is 1. The van der Waals surface area contributed by atoms with Crippen molar-refractivity contribution in [3.05, 3.63) is 0 Å². The molecule has 0 aromatic heterocycles. The second kappa shape index (κ2) is 4.65. The molecule has 1 saturated carbocycles. The number of carbonyl (C=O) groups is 1. The van der Waals surface area contributed by atoms with Gasteiger partial charge in [-0.05, 0) is 25.2 Å². The van der Waals surface area contributed by atoms with Gasteiger partial charge in [0, 0.05) is 24.3 Å². The van der Waals surface area contributed by atoms with Crippen LogP contribution in [0.5, 0.6) is 0 Å². The van der Waals surface area contributed by atoms with E-state index >= 15 is 0 Å². The number of halogens is 1. The van der Waals surface area contributed by atoms with E-state index in [0.717, 1.165) is 31.3 Å². The van der Waals surface area contributed by atoms with Crippen LogP contribution in [0, 0.1) is 11.8 Å². The maximum absolute atomic E-state index is 12.0. The number of carbonyl (C=O) groups excluding carboxylic acids is 1. The van der Waals surface area contributed by atoms with E-state index in [0.29, 0.717) is 17.7 Å². The van der Waals surface area contributed by atoms with Crippen LogP contribution in [0.2, 0.25) is 0 Å². The third-order valence-corrected chi connectivity index (χ3v) is 4.44. The van der Waals surface area contributed by atoms with Gasteiger partial charge >= 0.3 is 0 Å². The highest BCUT2D eigenvalue weighted by Gasteiger charge is 2.31. The number of nitrogens with zero attached hydrogens (tertiary/aromatic N) is 1. The van der Waals surface area contributed by atoms with Gasteiger partial charge in [-0.3, -0.25) is 4.79 Å². The molecule has 0 aromatic rings. The Balaban J connectivity index is 1.86. The highest BCUT2D eigenvalue weighted by molar-refractivity contribution is 9.09. The minimum absolute atomic E-state index is 0.365. The van der Waals surface area contributed by atoms with Crippen molar-refractivity contribution in [3.8, 4) is 0 Å². The molecule has 0 bridgehead atoms. The summed E-state index contributed by atoms with van der Waals surface area (Å²) in [5.41, 5.74) is 0. The van der Waals surface area contributed by atoms with E-state index in [1.807, 2.05) is 0 Å². The molecule has 2 nitrogen and oxygen atoms in total. The van der Waals surface area contributed by atoms with Crippen LogP contribution in [0.3, 0.4) is 0 Å². The molecule has 2 rings (SSSR count). The molecule has 0 aromatic carbocycles. The van der Waals surface area contributed by atoms with Gasteiger partial charge in [-0.1, -0.05) is 28.8 Å². The summed E-state index contributed by atoms with van der Waals surface area (Å²) in [6.07, 6.45) is 5.96. The van der Waals surface area contributed by atoms with Crippen LogP contribution in [-0.2, 0) is 4.79 Å². The molecule has 2 fully saturated rings. The topological polar surface area (TPSA) is 20.3 Å². The number of amides is 1. The molecule has 1 heterocycles. The van der Waals surface area contributed by atoms with Gasteiger partial charge in [0.25, 0.3) is 0 Å². The normalized spacial score (nSPS) is 28.6. The molecule has 1 unspecified atom stereocenters. The Kier molecular flexibility index (Phi) is 3.47. The third-order valence-electron chi connectivity index (χ3n) is 3.52. The van der Waals surface area contributed by atoms with Gasteiger partial charge < -0.3 is 4.90 Å². The third kappa shape index (κ3) is 2.13. The Morgan fingerprint density at radius 1 is 1.29 bits per heavy atom. The second-order valence-electron chi connectivity index (χ2n) is 4.57.